The van der Waals surface area contributed by atoms with Crippen LogP contribution in [-0.4, -0.2) is 35.2 Å². The van der Waals surface area contributed by atoms with E-state index in [1.54, 1.807) is 7.11 Å². The average Bonchev–Trinajstić information content (AvgIpc) is 3.08. The lowest BCUT2D eigenvalue weighted by atomic mass is 9.95. The molecule has 6 heteroatoms. The van der Waals surface area contributed by atoms with Crippen molar-refractivity contribution < 1.29 is 14.3 Å². The van der Waals surface area contributed by atoms with Crippen LogP contribution in [0.1, 0.15) is 17.8 Å². The van der Waals surface area contributed by atoms with Crippen LogP contribution in [0.2, 0.25) is 0 Å². The minimum Gasteiger partial charge on any atom is -0.497 e. The fourth-order valence-electron chi connectivity index (χ4n) is 3.45. The number of methoxy groups -OCH3 is 1. The van der Waals surface area contributed by atoms with Crippen LogP contribution in [0.4, 0.5) is 0 Å². The SMILES string of the molecule is COc1ccc2c(c1)OC[C@H](C(=O)N[C@H]1CCc3nccn3C1)C2. The molecule has 6 nitrogen and oxygen atoms in total. The Kier molecular flexibility index (Phi) is 3.88. The second-order valence-corrected chi connectivity index (χ2v) is 6.43. The third-order valence-electron chi connectivity index (χ3n) is 4.83. The Bertz CT molecular complexity index is 756. The van der Waals surface area contributed by atoms with Gasteiger partial charge in [-0.3, -0.25) is 4.79 Å². The standard InChI is InChI=1S/C18H21N3O3/c1-23-15-4-2-12-8-13(11-24-16(12)9-15)18(22)20-14-3-5-17-19-6-7-21(17)10-14/h2,4,6-7,9,13-14H,3,5,8,10-11H2,1H3,(H,20,22)/t13-,14+/m1/s1. The number of imidazole rings is 1. The van der Waals surface area contributed by atoms with E-state index in [4.69, 9.17) is 9.47 Å². The first kappa shape index (κ1) is 15.1. The van der Waals surface area contributed by atoms with Gasteiger partial charge in [0, 0.05) is 37.5 Å². The van der Waals surface area contributed by atoms with Crippen LogP contribution in [0.3, 0.4) is 0 Å². The van der Waals surface area contributed by atoms with E-state index in [1.807, 2.05) is 30.6 Å². The Morgan fingerprint density at radius 3 is 3.25 bits per heavy atom. The van der Waals surface area contributed by atoms with Crippen molar-refractivity contribution in [2.24, 2.45) is 5.92 Å². The van der Waals surface area contributed by atoms with E-state index in [9.17, 15) is 4.79 Å². The average molecular weight is 327 g/mol. The van der Waals surface area contributed by atoms with Crippen molar-refractivity contribution in [3.8, 4) is 11.5 Å². The number of amides is 1. The minimum atomic E-state index is -0.143. The lowest BCUT2D eigenvalue weighted by molar-refractivity contribution is -0.127. The lowest BCUT2D eigenvalue weighted by Crippen LogP contribution is -2.46. The molecule has 1 N–H and O–H groups in total. The summed E-state index contributed by atoms with van der Waals surface area (Å²) in [5, 5.41) is 3.18. The summed E-state index contributed by atoms with van der Waals surface area (Å²) >= 11 is 0. The van der Waals surface area contributed by atoms with Gasteiger partial charge in [-0.15, -0.1) is 0 Å². The number of rotatable bonds is 3. The van der Waals surface area contributed by atoms with Crippen molar-refractivity contribution in [1.29, 1.82) is 0 Å². The van der Waals surface area contributed by atoms with Crippen molar-refractivity contribution in [3.05, 3.63) is 42.0 Å². The van der Waals surface area contributed by atoms with Crippen LogP contribution >= 0.6 is 0 Å². The quantitative estimate of drug-likeness (QED) is 0.929. The molecule has 2 aliphatic rings. The van der Waals surface area contributed by atoms with Gasteiger partial charge in [0.1, 0.15) is 23.9 Å². The third kappa shape index (κ3) is 2.84. The van der Waals surface area contributed by atoms with Crippen molar-refractivity contribution in [3.63, 3.8) is 0 Å². The van der Waals surface area contributed by atoms with E-state index in [1.165, 1.54) is 0 Å². The fourth-order valence-corrected chi connectivity index (χ4v) is 3.45. The number of aryl methyl sites for hydroxylation is 1. The van der Waals surface area contributed by atoms with Crippen molar-refractivity contribution in [2.45, 2.75) is 31.8 Å². The molecule has 24 heavy (non-hydrogen) atoms. The molecule has 0 radical (unpaired) electrons. The number of hydrogen-bond donors (Lipinski definition) is 1. The maximum absolute atomic E-state index is 12.6. The predicted molar refractivity (Wildman–Crippen MR) is 88.2 cm³/mol. The summed E-state index contributed by atoms with van der Waals surface area (Å²) < 4.78 is 13.1. The monoisotopic (exact) mass is 327 g/mol. The number of nitrogens with one attached hydrogen (secondary N) is 1. The number of fused-ring (bicyclic) bond motifs is 2. The van der Waals surface area contributed by atoms with Gasteiger partial charge in [-0.25, -0.2) is 4.98 Å². The first-order valence-electron chi connectivity index (χ1n) is 8.33. The molecule has 126 valence electrons. The molecule has 2 aromatic rings. The van der Waals surface area contributed by atoms with Crippen molar-refractivity contribution in [2.75, 3.05) is 13.7 Å². The normalized spacial score (nSPS) is 22.0. The summed E-state index contributed by atoms with van der Waals surface area (Å²) in [7, 11) is 1.64. The van der Waals surface area contributed by atoms with Gasteiger partial charge in [-0.05, 0) is 24.5 Å². The Hall–Kier alpha value is -2.50. The summed E-state index contributed by atoms with van der Waals surface area (Å²) in [5.41, 5.74) is 1.06. The van der Waals surface area contributed by atoms with Crippen molar-refractivity contribution >= 4 is 5.91 Å². The van der Waals surface area contributed by atoms with Gasteiger partial charge in [-0.1, -0.05) is 6.07 Å². The van der Waals surface area contributed by atoms with Gasteiger partial charge in [0.15, 0.2) is 0 Å². The first-order chi connectivity index (χ1) is 11.7. The molecule has 0 spiro atoms. The second kappa shape index (κ2) is 6.19. The Morgan fingerprint density at radius 1 is 1.46 bits per heavy atom. The highest BCUT2D eigenvalue weighted by molar-refractivity contribution is 5.80. The number of carbonyl (C=O) groups is 1. The topological polar surface area (TPSA) is 65.4 Å². The van der Waals surface area contributed by atoms with Crippen molar-refractivity contribution in [1.82, 2.24) is 14.9 Å². The van der Waals surface area contributed by atoms with E-state index in [0.29, 0.717) is 13.0 Å². The molecule has 4 rings (SSSR count). The summed E-state index contributed by atoms with van der Waals surface area (Å²) in [6, 6.07) is 5.93. The maximum atomic E-state index is 12.6. The van der Waals surface area contributed by atoms with E-state index in [-0.39, 0.29) is 17.9 Å². The summed E-state index contributed by atoms with van der Waals surface area (Å²) in [6.07, 6.45) is 6.33. The van der Waals surface area contributed by atoms with Gasteiger partial charge in [0.25, 0.3) is 0 Å². The summed E-state index contributed by atoms with van der Waals surface area (Å²) in [4.78, 5) is 16.9. The molecule has 3 heterocycles. The highest BCUT2D eigenvalue weighted by atomic mass is 16.5. The molecule has 0 aliphatic carbocycles. The number of aromatic nitrogens is 2. The zero-order chi connectivity index (χ0) is 16.5. The zero-order valence-electron chi connectivity index (χ0n) is 13.7. The largest absolute Gasteiger partial charge is 0.497 e. The van der Waals surface area contributed by atoms with Gasteiger partial charge in [0.2, 0.25) is 5.91 Å². The third-order valence-corrected chi connectivity index (χ3v) is 4.83. The maximum Gasteiger partial charge on any atom is 0.227 e. The minimum absolute atomic E-state index is 0.0741. The number of carbonyl (C=O) groups excluding carboxylic acids is 1. The van der Waals surface area contributed by atoms with Crippen LogP contribution < -0.4 is 14.8 Å². The van der Waals surface area contributed by atoms with Gasteiger partial charge in [-0.2, -0.15) is 0 Å². The molecule has 2 atom stereocenters. The van der Waals surface area contributed by atoms with E-state index in [2.05, 4.69) is 14.9 Å². The van der Waals surface area contributed by atoms with Crippen LogP contribution in [0.15, 0.2) is 30.6 Å². The highest BCUT2D eigenvalue weighted by Gasteiger charge is 2.29. The molecular weight excluding hydrogens is 306 g/mol. The lowest BCUT2D eigenvalue weighted by Gasteiger charge is -2.29. The Balaban J connectivity index is 1.39. The molecular formula is C18H21N3O3. The molecule has 0 bridgehead atoms. The molecule has 1 aromatic carbocycles. The van der Waals surface area contributed by atoms with E-state index < -0.39 is 0 Å². The highest BCUT2D eigenvalue weighted by Crippen LogP contribution is 2.31. The Morgan fingerprint density at radius 2 is 2.38 bits per heavy atom. The van der Waals surface area contributed by atoms with Gasteiger partial charge < -0.3 is 19.4 Å². The van der Waals surface area contributed by atoms with Crippen LogP contribution in [0.25, 0.3) is 0 Å². The molecule has 1 aromatic heterocycles. The molecule has 2 aliphatic heterocycles. The number of nitrogens with zero attached hydrogens (tertiary/aromatic N) is 2. The molecule has 1 amide bonds. The molecule has 0 saturated heterocycles. The van der Waals surface area contributed by atoms with Gasteiger partial charge in [0.05, 0.1) is 13.0 Å². The van der Waals surface area contributed by atoms with Crippen LogP contribution in [0.5, 0.6) is 11.5 Å². The van der Waals surface area contributed by atoms with E-state index >= 15 is 0 Å². The van der Waals surface area contributed by atoms with Crippen LogP contribution in [-0.2, 0) is 24.2 Å². The first-order valence-corrected chi connectivity index (χ1v) is 8.33. The van der Waals surface area contributed by atoms with Crippen LogP contribution in [0, 0.1) is 5.92 Å². The second-order valence-electron chi connectivity index (χ2n) is 6.43. The number of benzene rings is 1. The molecule has 0 unspecified atom stereocenters. The van der Waals surface area contributed by atoms with Gasteiger partial charge >= 0.3 is 0 Å². The summed E-state index contributed by atoms with van der Waals surface area (Å²) in [6.45, 7) is 1.21. The fraction of sp³-hybridized carbons (Fsp3) is 0.444. The van der Waals surface area contributed by atoms with E-state index in [0.717, 1.165) is 42.3 Å². The Labute approximate surface area is 140 Å². The molecule has 0 saturated carbocycles. The molecule has 0 fully saturated rings. The smallest absolute Gasteiger partial charge is 0.227 e. The predicted octanol–water partition coefficient (Wildman–Crippen LogP) is 1.57. The number of hydrogen-bond acceptors (Lipinski definition) is 4. The number of ether oxygens (including phenoxy) is 2. The zero-order valence-corrected chi connectivity index (χ0v) is 13.7. The summed E-state index contributed by atoms with van der Waals surface area (Å²) in [5.74, 6) is 2.62.